The third kappa shape index (κ3) is 3.71. The molecule has 7 nitrogen and oxygen atoms in total. The lowest BCUT2D eigenvalue weighted by atomic mass is 9.75. The molecule has 0 spiro atoms. The first-order chi connectivity index (χ1) is 13.5. The molecule has 0 bridgehead atoms. The molecule has 1 aliphatic carbocycles. The topological polar surface area (TPSA) is 93.2 Å². The van der Waals surface area contributed by atoms with Crippen LogP contribution in [0, 0.1) is 12.8 Å². The Hall–Kier alpha value is -2.93. The van der Waals surface area contributed by atoms with Gasteiger partial charge in [-0.05, 0) is 37.7 Å². The van der Waals surface area contributed by atoms with Gasteiger partial charge in [0.1, 0.15) is 0 Å². The predicted octanol–water partition coefficient (Wildman–Crippen LogP) is 2.50. The molecule has 0 aliphatic heterocycles. The second kappa shape index (κ2) is 7.59. The number of benzene rings is 1. The van der Waals surface area contributed by atoms with Gasteiger partial charge in [-0.2, -0.15) is 5.10 Å². The highest BCUT2D eigenvalue weighted by Gasteiger charge is 2.35. The molecule has 1 aliphatic rings. The zero-order chi connectivity index (χ0) is 19.7. The lowest BCUT2D eigenvalue weighted by Gasteiger charge is -2.38. The number of aliphatic hydroxyl groups excluding tert-OH is 1. The van der Waals surface area contributed by atoms with Crippen molar-refractivity contribution >= 4 is 5.91 Å². The molecule has 7 heteroatoms. The van der Waals surface area contributed by atoms with Crippen molar-refractivity contribution in [1.82, 2.24) is 20.3 Å². The number of amides is 1. The first-order valence-corrected chi connectivity index (χ1v) is 9.50. The van der Waals surface area contributed by atoms with Crippen molar-refractivity contribution < 1.29 is 14.4 Å². The number of carbonyl (C=O) groups is 1. The second-order valence-electron chi connectivity index (χ2n) is 7.50. The van der Waals surface area contributed by atoms with Gasteiger partial charge in [0.15, 0.2) is 11.5 Å². The Balaban J connectivity index is 1.49. The third-order valence-electron chi connectivity index (χ3n) is 5.58. The van der Waals surface area contributed by atoms with Crippen LogP contribution in [0.2, 0.25) is 0 Å². The lowest BCUT2D eigenvalue weighted by molar-refractivity contribution is 0.0238. The summed E-state index contributed by atoms with van der Waals surface area (Å²) in [5.41, 5.74) is 3.16. The number of hydrogen-bond donors (Lipinski definition) is 2. The standard InChI is InChI=1S/C21H24N4O3/c1-13-17(12-22-25(13)2)20-11-19(24-28-20)21(27)23-18(15-9-16(26)10-15)8-14-6-4-3-5-7-14/h3-7,11-12,15-16,18,26H,8-10H2,1-2H3,(H,23,27). The van der Waals surface area contributed by atoms with E-state index in [0.717, 1.165) is 23.2 Å². The monoisotopic (exact) mass is 380 g/mol. The van der Waals surface area contributed by atoms with Crippen LogP contribution in [-0.4, -0.2) is 38.1 Å². The maximum absolute atomic E-state index is 12.8. The van der Waals surface area contributed by atoms with Crippen molar-refractivity contribution in [3.05, 3.63) is 59.5 Å². The van der Waals surface area contributed by atoms with Crippen LogP contribution in [0.3, 0.4) is 0 Å². The van der Waals surface area contributed by atoms with E-state index in [9.17, 15) is 9.90 Å². The van der Waals surface area contributed by atoms with Crippen molar-refractivity contribution in [1.29, 1.82) is 0 Å². The van der Waals surface area contributed by atoms with Crippen molar-refractivity contribution in [3.63, 3.8) is 0 Å². The van der Waals surface area contributed by atoms with E-state index in [0.29, 0.717) is 18.6 Å². The zero-order valence-electron chi connectivity index (χ0n) is 16.0. The summed E-state index contributed by atoms with van der Waals surface area (Å²) >= 11 is 0. The fourth-order valence-corrected chi connectivity index (χ4v) is 3.65. The maximum Gasteiger partial charge on any atom is 0.273 e. The van der Waals surface area contributed by atoms with Crippen molar-refractivity contribution in [2.75, 3.05) is 0 Å². The number of rotatable bonds is 6. The van der Waals surface area contributed by atoms with Gasteiger partial charge in [0, 0.05) is 24.8 Å². The lowest BCUT2D eigenvalue weighted by Crippen LogP contribution is -2.48. The predicted molar refractivity (Wildman–Crippen MR) is 104 cm³/mol. The fourth-order valence-electron chi connectivity index (χ4n) is 3.65. The van der Waals surface area contributed by atoms with Crippen LogP contribution in [-0.2, 0) is 13.5 Å². The first kappa shape index (κ1) is 18.4. The Bertz CT molecular complexity index is 957. The highest BCUT2D eigenvalue weighted by molar-refractivity contribution is 5.93. The molecule has 4 rings (SSSR count). The molecule has 2 heterocycles. The molecular formula is C21H24N4O3. The number of aliphatic hydroxyl groups is 1. The maximum atomic E-state index is 12.8. The van der Waals surface area contributed by atoms with Gasteiger partial charge >= 0.3 is 0 Å². The van der Waals surface area contributed by atoms with Gasteiger partial charge in [-0.3, -0.25) is 9.48 Å². The van der Waals surface area contributed by atoms with E-state index in [1.807, 2.05) is 44.3 Å². The Morgan fingerprint density at radius 1 is 1.36 bits per heavy atom. The summed E-state index contributed by atoms with van der Waals surface area (Å²) in [6.45, 7) is 1.93. The molecule has 1 fully saturated rings. The Morgan fingerprint density at radius 2 is 2.11 bits per heavy atom. The van der Waals surface area contributed by atoms with E-state index in [1.54, 1.807) is 16.9 Å². The summed E-state index contributed by atoms with van der Waals surface area (Å²) < 4.78 is 7.12. The molecular weight excluding hydrogens is 356 g/mol. The number of aromatic nitrogens is 3. The highest BCUT2D eigenvalue weighted by Crippen LogP contribution is 2.32. The van der Waals surface area contributed by atoms with Gasteiger partial charge in [-0.1, -0.05) is 35.5 Å². The number of carbonyl (C=O) groups excluding carboxylic acids is 1. The van der Waals surface area contributed by atoms with E-state index in [1.165, 1.54) is 0 Å². The van der Waals surface area contributed by atoms with Crippen molar-refractivity contribution in [2.45, 2.75) is 38.3 Å². The zero-order valence-corrected chi connectivity index (χ0v) is 16.0. The fraction of sp³-hybridized carbons (Fsp3) is 0.381. The molecule has 3 aromatic rings. The smallest absolute Gasteiger partial charge is 0.273 e. The largest absolute Gasteiger partial charge is 0.393 e. The Labute approximate surface area is 163 Å². The van der Waals surface area contributed by atoms with E-state index in [2.05, 4.69) is 15.6 Å². The first-order valence-electron chi connectivity index (χ1n) is 9.50. The summed E-state index contributed by atoms with van der Waals surface area (Å²) in [4.78, 5) is 12.8. The number of nitrogens with one attached hydrogen (secondary N) is 1. The average molecular weight is 380 g/mol. The second-order valence-corrected chi connectivity index (χ2v) is 7.50. The quantitative estimate of drug-likeness (QED) is 0.685. The van der Waals surface area contributed by atoms with Gasteiger partial charge in [0.2, 0.25) is 0 Å². The van der Waals surface area contributed by atoms with Crippen LogP contribution in [0.5, 0.6) is 0 Å². The Kier molecular flexibility index (Phi) is 5.00. The SMILES string of the molecule is Cc1c(-c2cc(C(=O)NC(Cc3ccccc3)C3CC(O)C3)no2)cnn1C. The third-order valence-corrected chi connectivity index (χ3v) is 5.58. The van der Waals surface area contributed by atoms with Gasteiger partial charge in [0.05, 0.1) is 17.9 Å². The minimum atomic E-state index is -0.271. The molecule has 2 aromatic heterocycles. The summed E-state index contributed by atoms with van der Waals surface area (Å²) in [7, 11) is 1.85. The average Bonchev–Trinajstić information content (AvgIpc) is 3.27. The van der Waals surface area contributed by atoms with Gasteiger partial charge in [-0.15, -0.1) is 0 Å². The minimum Gasteiger partial charge on any atom is -0.393 e. The Morgan fingerprint density at radius 3 is 2.75 bits per heavy atom. The summed E-state index contributed by atoms with van der Waals surface area (Å²) in [5, 5.41) is 20.9. The van der Waals surface area contributed by atoms with Crippen LogP contribution in [0.15, 0.2) is 47.1 Å². The van der Waals surface area contributed by atoms with E-state index >= 15 is 0 Å². The number of aryl methyl sites for hydroxylation is 1. The van der Waals surface area contributed by atoms with E-state index in [4.69, 9.17) is 4.52 Å². The van der Waals surface area contributed by atoms with Crippen LogP contribution in [0.25, 0.3) is 11.3 Å². The number of hydrogen-bond acceptors (Lipinski definition) is 5. The molecule has 1 aromatic carbocycles. The molecule has 1 atom stereocenters. The van der Waals surface area contributed by atoms with E-state index < -0.39 is 0 Å². The molecule has 28 heavy (non-hydrogen) atoms. The van der Waals surface area contributed by atoms with Crippen LogP contribution >= 0.6 is 0 Å². The van der Waals surface area contributed by atoms with Gasteiger partial charge in [-0.25, -0.2) is 0 Å². The molecule has 0 saturated heterocycles. The number of nitrogens with zero attached hydrogens (tertiary/aromatic N) is 3. The molecule has 1 amide bonds. The molecule has 0 radical (unpaired) electrons. The minimum absolute atomic E-state index is 0.0569. The summed E-state index contributed by atoms with van der Waals surface area (Å²) in [6.07, 6.45) is 3.56. The van der Waals surface area contributed by atoms with Gasteiger partial charge in [0.25, 0.3) is 5.91 Å². The molecule has 146 valence electrons. The van der Waals surface area contributed by atoms with Crippen LogP contribution in [0.1, 0.15) is 34.6 Å². The van der Waals surface area contributed by atoms with Gasteiger partial charge < -0.3 is 14.9 Å². The molecule has 2 N–H and O–H groups in total. The summed E-state index contributed by atoms with van der Waals surface area (Å²) in [5.74, 6) is 0.513. The van der Waals surface area contributed by atoms with Crippen LogP contribution in [0.4, 0.5) is 0 Å². The van der Waals surface area contributed by atoms with Crippen molar-refractivity contribution in [3.8, 4) is 11.3 Å². The van der Waals surface area contributed by atoms with Crippen LogP contribution < -0.4 is 5.32 Å². The molecule has 1 unspecified atom stereocenters. The van der Waals surface area contributed by atoms with Crippen molar-refractivity contribution in [2.24, 2.45) is 13.0 Å². The normalized spacial score (nSPS) is 19.8. The van der Waals surface area contributed by atoms with E-state index in [-0.39, 0.29) is 29.7 Å². The molecule has 1 saturated carbocycles. The summed E-state index contributed by atoms with van der Waals surface area (Å²) in [6, 6.07) is 11.6. The highest BCUT2D eigenvalue weighted by atomic mass is 16.5.